The Balaban J connectivity index is 1.41. The summed E-state index contributed by atoms with van der Waals surface area (Å²) >= 11 is 1.46. The van der Waals surface area contributed by atoms with Gasteiger partial charge >= 0.3 is 0 Å². The van der Waals surface area contributed by atoms with E-state index in [1.54, 1.807) is 11.6 Å². The summed E-state index contributed by atoms with van der Waals surface area (Å²) in [7, 11) is 1.74. The van der Waals surface area contributed by atoms with Crippen molar-refractivity contribution in [2.75, 3.05) is 24.5 Å². The Bertz CT molecular complexity index is 1200. The molecule has 0 N–H and O–H groups in total. The first-order valence-electron chi connectivity index (χ1n) is 11.1. The molecule has 0 bridgehead atoms. The molecule has 1 aromatic carbocycles. The highest BCUT2D eigenvalue weighted by atomic mass is 32.1. The van der Waals surface area contributed by atoms with Gasteiger partial charge < -0.3 is 9.80 Å². The summed E-state index contributed by atoms with van der Waals surface area (Å²) in [6.07, 6.45) is 4.67. The summed E-state index contributed by atoms with van der Waals surface area (Å²) < 4.78 is 1.58. The van der Waals surface area contributed by atoms with Gasteiger partial charge in [-0.2, -0.15) is 0 Å². The SMILES string of the molecule is CCc1nc2sc(C3CCCN3C(=O)CN3CCCc4ccccc43)nc2c(=O)n1C. The molecule has 4 heterocycles. The maximum absolute atomic E-state index is 13.3. The molecule has 2 aliphatic heterocycles. The van der Waals surface area contributed by atoms with Crippen LogP contribution in [0.3, 0.4) is 0 Å². The quantitative estimate of drug-likeness (QED) is 0.627. The van der Waals surface area contributed by atoms with Gasteiger partial charge in [0.15, 0.2) is 10.3 Å². The standard InChI is InChI=1S/C23H27N5O2S/c1-3-18-24-22-20(23(30)26(18)2)25-21(31-22)17-11-7-13-28(17)19(29)14-27-12-6-9-15-8-4-5-10-16(15)27/h4-5,8,10,17H,3,6-7,9,11-14H2,1-2H3. The third-order valence-electron chi connectivity index (χ3n) is 6.46. The van der Waals surface area contributed by atoms with Crippen molar-refractivity contribution in [2.24, 2.45) is 7.05 Å². The van der Waals surface area contributed by atoms with Crippen LogP contribution in [0.1, 0.15) is 48.6 Å². The van der Waals surface area contributed by atoms with Gasteiger partial charge in [-0.15, -0.1) is 0 Å². The summed E-state index contributed by atoms with van der Waals surface area (Å²) in [4.78, 5) is 40.2. The largest absolute Gasteiger partial charge is 0.362 e. The number of aryl methyl sites for hydroxylation is 2. The third kappa shape index (κ3) is 3.52. The van der Waals surface area contributed by atoms with E-state index in [9.17, 15) is 9.59 Å². The fourth-order valence-corrected chi connectivity index (χ4v) is 5.92. The molecule has 1 saturated heterocycles. The number of anilines is 1. The minimum Gasteiger partial charge on any atom is -0.362 e. The van der Waals surface area contributed by atoms with Crippen molar-refractivity contribution >= 4 is 33.3 Å². The number of aromatic nitrogens is 3. The van der Waals surface area contributed by atoms with E-state index in [0.29, 0.717) is 23.3 Å². The maximum atomic E-state index is 13.3. The van der Waals surface area contributed by atoms with Gasteiger partial charge in [0.1, 0.15) is 10.8 Å². The van der Waals surface area contributed by atoms with Gasteiger partial charge in [0.05, 0.1) is 12.6 Å². The Morgan fingerprint density at radius 1 is 1.19 bits per heavy atom. The predicted molar refractivity (Wildman–Crippen MR) is 123 cm³/mol. The third-order valence-corrected chi connectivity index (χ3v) is 7.51. The minimum atomic E-state index is -0.106. The Hall–Kier alpha value is -2.74. The fourth-order valence-electron chi connectivity index (χ4n) is 4.82. The minimum absolute atomic E-state index is 0.0680. The van der Waals surface area contributed by atoms with Crippen LogP contribution >= 0.6 is 11.3 Å². The van der Waals surface area contributed by atoms with Crippen LogP contribution in [0.15, 0.2) is 29.1 Å². The van der Waals surface area contributed by atoms with Crippen LogP contribution in [0, 0.1) is 0 Å². The molecule has 0 radical (unpaired) electrons. The van der Waals surface area contributed by atoms with E-state index in [4.69, 9.17) is 0 Å². The van der Waals surface area contributed by atoms with E-state index >= 15 is 0 Å². The lowest BCUT2D eigenvalue weighted by Gasteiger charge is -2.33. The Morgan fingerprint density at radius 3 is 2.87 bits per heavy atom. The van der Waals surface area contributed by atoms with Crippen molar-refractivity contribution in [3.8, 4) is 0 Å². The number of carbonyl (C=O) groups excluding carboxylic acids is 1. The molecular weight excluding hydrogens is 410 g/mol. The Kier molecular flexibility index (Phi) is 5.25. The highest BCUT2D eigenvalue weighted by molar-refractivity contribution is 7.18. The van der Waals surface area contributed by atoms with E-state index < -0.39 is 0 Å². The molecule has 2 aromatic heterocycles. The highest BCUT2D eigenvalue weighted by Crippen LogP contribution is 2.36. The Morgan fingerprint density at radius 2 is 2.03 bits per heavy atom. The first-order chi connectivity index (χ1) is 15.1. The van der Waals surface area contributed by atoms with Crippen LogP contribution in [0.25, 0.3) is 10.3 Å². The van der Waals surface area contributed by atoms with Gasteiger partial charge in [-0.3, -0.25) is 14.2 Å². The number of hydrogen-bond donors (Lipinski definition) is 0. The zero-order valence-electron chi connectivity index (χ0n) is 18.0. The molecule has 2 aliphatic rings. The Labute approximate surface area is 185 Å². The van der Waals surface area contributed by atoms with Crippen LogP contribution in [0.4, 0.5) is 5.69 Å². The van der Waals surface area contributed by atoms with Crippen molar-refractivity contribution in [3.05, 3.63) is 51.0 Å². The molecule has 5 rings (SSSR count). The molecule has 0 aliphatic carbocycles. The van der Waals surface area contributed by atoms with E-state index in [0.717, 1.165) is 49.6 Å². The molecular formula is C23H27N5O2S. The molecule has 31 heavy (non-hydrogen) atoms. The number of thiazole rings is 1. The molecule has 1 fully saturated rings. The molecule has 0 saturated carbocycles. The highest BCUT2D eigenvalue weighted by Gasteiger charge is 2.34. The number of nitrogens with zero attached hydrogens (tertiary/aromatic N) is 5. The number of rotatable bonds is 4. The van der Waals surface area contributed by atoms with Gasteiger partial charge in [-0.05, 0) is 37.3 Å². The molecule has 7 nitrogen and oxygen atoms in total. The van der Waals surface area contributed by atoms with Crippen LogP contribution in [-0.2, 0) is 24.7 Å². The second kappa shape index (κ2) is 8.07. The summed E-state index contributed by atoms with van der Waals surface area (Å²) in [6.45, 7) is 4.02. The van der Waals surface area contributed by atoms with Crippen molar-refractivity contribution < 1.29 is 4.79 Å². The number of amides is 1. The van der Waals surface area contributed by atoms with Crippen molar-refractivity contribution in [1.82, 2.24) is 19.4 Å². The van der Waals surface area contributed by atoms with E-state index in [1.165, 1.54) is 22.6 Å². The molecule has 0 spiro atoms. The van der Waals surface area contributed by atoms with Crippen molar-refractivity contribution in [2.45, 2.75) is 45.1 Å². The summed E-state index contributed by atoms with van der Waals surface area (Å²) in [5, 5.41) is 0.831. The molecule has 1 atom stereocenters. The molecule has 3 aromatic rings. The normalized spacial score (nSPS) is 18.6. The lowest BCUT2D eigenvalue weighted by atomic mass is 10.0. The maximum Gasteiger partial charge on any atom is 0.280 e. The monoisotopic (exact) mass is 437 g/mol. The number of fused-ring (bicyclic) bond motifs is 2. The topological polar surface area (TPSA) is 71.3 Å². The molecule has 162 valence electrons. The second-order valence-electron chi connectivity index (χ2n) is 8.35. The van der Waals surface area contributed by atoms with Gasteiger partial charge in [-0.1, -0.05) is 36.5 Å². The van der Waals surface area contributed by atoms with Gasteiger partial charge in [0.2, 0.25) is 5.91 Å². The number of para-hydroxylation sites is 1. The van der Waals surface area contributed by atoms with E-state index in [2.05, 4.69) is 33.1 Å². The van der Waals surface area contributed by atoms with E-state index in [-0.39, 0.29) is 17.5 Å². The van der Waals surface area contributed by atoms with Gasteiger partial charge in [0.25, 0.3) is 5.56 Å². The van der Waals surface area contributed by atoms with Crippen LogP contribution in [-0.4, -0.2) is 45.0 Å². The first kappa shape index (κ1) is 20.2. The fraction of sp³-hybridized carbons (Fsp3) is 0.478. The van der Waals surface area contributed by atoms with Crippen LogP contribution < -0.4 is 10.5 Å². The molecule has 1 amide bonds. The smallest absolute Gasteiger partial charge is 0.280 e. The van der Waals surface area contributed by atoms with Crippen molar-refractivity contribution in [3.63, 3.8) is 0 Å². The number of carbonyl (C=O) groups is 1. The summed E-state index contributed by atoms with van der Waals surface area (Å²) in [6, 6.07) is 8.31. The summed E-state index contributed by atoms with van der Waals surface area (Å²) in [5.74, 6) is 0.893. The zero-order valence-corrected chi connectivity index (χ0v) is 18.8. The predicted octanol–water partition coefficient (Wildman–Crippen LogP) is 3.07. The number of likely N-dealkylation sites (tertiary alicyclic amines) is 1. The molecule has 1 unspecified atom stereocenters. The van der Waals surface area contributed by atoms with Crippen LogP contribution in [0.5, 0.6) is 0 Å². The van der Waals surface area contributed by atoms with Crippen molar-refractivity contribution in [1.29, 1.82) is 0 Å². The average molecular weight is 438 g/mol. The van der Waals surface area contributed by atoms with Gasteiger partial charge in [-0.25, -0.2) is 9.97 Å². The zero-order chi connectivity index (χ0) is 21.5. The number of hydrogen-bond acceptors (Lipinski definition) is 6. The van der Waals surface area contributed by atoms with Gasteiger partial charge in [0, 0.05) is 32.2 Å². The average Bonchev–Trinajstić information content (AvgIpc) is 3.43. The molecule has 8 heteroatoms. The lowest BCUT2D eigenvalue weighted by Crippen LogP contribution is -2.42. The second-order valence-corrected chi connectivity index (χ2v) is 9.36. The first-order valence-corrected chi connectivity index (χ1v) is 11.9. The lowest BCUT2D eigenvalue weighted by molar-refractivity contribution is -0.130. The summed E-state index contributed by atoms with van der Waals surface area (Å²) in [5.41, 5.74) is 2.81. The van der Waals surface area contributed by atoms with E-state index in [1.807, 2.05) is 17.9 Å². The van der Waals surface area contributed by atoms with Crippen LogP contribution in [0.2, 0.25) is 0 Å². The number of benzene rings is 1.